The molecule has 0 saturated heterocycles. The van der Waals surface area contributed by atoms with E-state index >= 15 is 0 Å². The lowest BCUT2D eigenvalue weighted by molar-refractivity contribution is 0.474. The van der Waals surface area contributed by atoms with Gasteiger partial charge in [-0.1, -0.05) is 94.9 Å². The van der Waals surface area contributed by atoms with E-state index in [2.05, 4.69) is 183 Å². The topological polar surface area (TPSA) is 36.9 Å². The van der Waals surface area contributed by atoms with E-state index < -0.39 is 33.3 Å². The molecule has 52 heavy (non-hydrogen) atoms. The van der Waals surface area contributed by atoms with Crippen LogP contribution in [0, 0.1) is 47.4 Å². The fourth-order valence-electron chi connectivity index (χ4n) is 3.65. The van der Waals surface area contributed by atoms with Crippen molar-refractivity contribution in [3.05, 3.63) is 47.5 Å². The second kappa shape index (κ2) is 16.0. The standard InChI is InChI=1S/C44H66O4Si4/c1-41(2,3)49(13,14)45-37-29-35(30-38(33-37)46-50(15,16)42(4,5)6)27-25-23-21-22-24-26-28-36-31-39(47-51(17,18)43(7,8)9)34-40(32-36)48-52(19,20)44(10,11)12/h29-34H,1-20H3. The van der Waals surface area contributed by atoms with Crippen molar-refractivity contribution in [2.24, 2.45) is 0 Å². The third-order valence-electron chi connectivity index (χ3n) is 11.2. The van der Waals surface area contributed by atoms with Crippen LogP contribution in [-0.4, -0.2) is 33.3 Å². The predicted molar refractivity (Wildman–Crippen MR) is 233 cm³/mol. The van der Waals surface area contributed by atoms with Gasteiger partial charge in [-0.05, 0) is 132 Å². The van der Waals surface area contributed by atoms with Gasteiger partial charge in [-0.2, -0.15) is 0 Å². The lowest BCUT2D eigenvalue weighted by atomic mass is 10.2. The highest BCUT2D eigenvalue weighted by atomic mass is 28.4. The van der Waals surface area contributed by atoms with Crippen molar-refractivity contribution in [3.63, 3.8) is 0 Å². The summed E-state index contributed by atoms with van der Waals surface area (Å²) in [5.41, 5.74) is 1.59. The molecule has 0 aromatic heterocycles. The molecular weight excluding hydrogens is 705 g/mol. The lowest BCUT2D eigenvalue weighted by Crippen LogP contribution is -2.44. The van der Waals surface area contributed by atoms with Gasteiger partial charge in [0.05, 0.1) is 0 Å². The number of hydrogen-bond acceptors (Lipinski definition) is 4. The maximum absolute atomic E-state index is 6.67. The predicted octanol–water partition coefficient (Wildman–Crippen LogP) is 12.6. The van der Waals surface area contributed by atoms with Crippen LogP contribution < -0.4 is 17.7 Å². The van der Waals surface area contributed by atoms with Gasteiger partial charge in [0, 0.05) is 23.3 Å². The molecule has 2 aromatic rings. The quantitative estimate of drug-likeness (QED) is 0.198. The van der Waals surface area contributed by atoms with E-state index in [4.69, 9.17) is 17.7 Å². The summed E-state index contributed by atoms with van der Waals surface area (Å²) in [7, 11) is -8.29. The highest BCUT2D eigenvalue weighted by molar-refractivity contribution is 6.76. The Morgan fingerprint density at radius 3 is 0.712 bits per heavy atom. The lowest BCUT2D eigenvalue weighted by Gasteiger charge is -2.38. The zero-order chi connectivity index (χ0) is 40.2. The van der Waals surface area contributed by atoms with Gasteiger partial charge < -0.3 is 17.7 Å². The monoisotopic (exact) mass is 770 g/mol. The summed E-state index contributed by atoms with van der Waals surface area (Å²) in [5.74, 6) is 26.8. The maximum atomic E-state index is 6.67. The molecule has 0 heterocycles. The Bertz CT molecular complexity index is 1620. The highest BCUT2D eigenvalue weighted by Crippen LogP contribution is 2.42. The van der Waals surface area contributed by atoms with Crippen LogP contribution in [0.25, 0.3) is 0 Å². The highest BCUT2D eigenvalue weighted by Gasteiger charge is 2.42. The molecule has 8 heteroatoms. The SMILES string of the molecule is CC(C)(C)[Si](C)(C)Oc1cc(C#CC#CC#CC#Cc2cc(O[Si](C)(C)C(C)(C)C)cc(O[Si](C)(C)C(C)(C)C)c2)cc(O[Si](C)(C)C(C)(C)C)c1. The van der Waals surface area contributed by atoms with E-state index in [1.165, 1.54) is 0 Å². The van der Waals surface area contributed by atoms with E-state index in [9.17, 15) is 0 Å². The molecule has 0 aliphatic heterocycles. The van der Waals surface area contributed by atoms with Gasteiger partial charge in [0.25, 0.3) is 0 Å². The fourth-order valence-corrected chi connectivity index (χ4v) is 7.70. The van der Waals surface area contributed by atoms with Crippen LogP contribution >= 0.6 is 0 Å². The second-order valence-corrected chi connectivity index (χ2v) is 38.7. The maximum Gasteiger partial charge on any atom is 0.250 e. The number of rotatable bonds is 8. The molecule has 0 radical (unpaired) electrons. The third kappa shape index (κ3) is 12.7. The first kappa shape index (κ1) is 44.9. The molecule has 0 fully saturated rings. The molecule has 282 valence electrons. The van der Waals surface area contributed by atoms with Gasteiger partial charge >= 0.3 is 0 Å². The van der Waals surface area contributed by atoms with Crippen LogP contribution in [0.3, 0.4) is 0 Å². The summed E-state index contributed by atoms with van der Waals surface area (Å²) in [5, 5.41) is 0.239. The van der Waals surface area contributed by atoms with Crippen LogP contribution in [0.4, 0.5) is 0 Å². The van der Waals surface area contributed by atoms with E-state index in [0.29, 0.717) is 0 Å². The summed E-state index contributed by atoms with van der Waals surface area (Å²) >= 11 is 0. The Labute approximate surface area is 323 Å². The van der Waals surface area contributed by atoms with Crippen molar-refractivity contribution >= 4 is 33.3 Å². The molecule has 0 atom stereocenters. The summed E-state index contributed by atoms with van der Waals surface area (Å²) in [6.45, 7) is 44.8. The van der Waals surface area contributed by atoms with Crippen molar-refractivity contribution < 1.29 is 17.7 Å². The Balaban J connectivity index is 2.43. The van der Waals surface area contributed by atoms with Gasteiger partial charge in [-0.15, -0.1) is 0 Å². The second-order valence-electron chi connectivity index (χ2n) is 19.8. The molecule has 0 amide bonds. The van der Waals surface area contributed by atoms with Gasteiger partial charge in [-0.25, -0.2) is 0 Å². The van der Waals surface area contributed by atoms with Crippen molar-refractivity contribution in [1.82, 2.24) is 0 Å². The van der Waals surface area contributed by atoms with Gasteiger partial charge in [0.2, 0.25) is 33.3 Å². The van der Waals surface area contributed by atoms with Gasteiger partial charge in [0.15, 0.2) is 0 Å². The van der Waals surface area contributed by atoms with Crippen molar-refractivity contribution in [2.75, 3.05) is 0 Å². The first-order valence-electron chi connectivity index (χ1n) is 18.3. The van der Waals surface area contributed by atoms with E-state index in [1.54, 1.807) is 0 Å². The summed E-state index contributed by atoms with van der Waals surface area (Å²) in [6, 6.07) is 12.0. The largest absolute Gasteiger partial charge is 0.543 e. The Morgan fingerprint density at radius 1 is 0.327 bits per heavy atom. The van der Waals surface area contributed by atoms with Crippen molar-refractivity contribution in [3.8, 4) is 70.4 Å². The van der Waals surface area contributed by atoms with Crippen LogP contribution in [0.1, 0.15) is 94.2 Å². The molecule has 2 aromatic carbocycles. The molecular formula is C44H66O4Si4. The zero-order valence-electron chi connectivity index (χ0n) is 36.1. The van der Waals surface area contributed by atoms with Gasteiger partial charge in [0.1, 0.15) is 23.0 Å². The summed E-state index contributed by atoms with van der Waals surface area (Å²) in [6.07, 6.45) is 0. The average molecular weight is 771 g/mol. The fraction of sp³-hybridized carbons (Fsp3) is 0.545. The van der Waals surface area contributed by atoms with E-state index in [1.807, 2.05) is 36.4 Å². The molecule has 0 bridgehead atoms. The molecule has 4 nitrogen and oxygen atoms in total. The first-order valence-corrected chi connectivity index (χ1v) is 30.0. The Morgan fingerprint density at radius 2 is 0.519 bits per heavy atom. The van der Waals surface area contributed by atoms with Crippen LogP contribution in [0.15, 0.2) is 36.4 Å². The minimum atomic E-state index is -2.07. The van der Waals surface area contributed by atoms with Crippen LogP contribution in [0.2, 0.25) is 72.5 Å². The van der Waals surface area contributed by atoms with Crippen LogP contribution in [0.5, 0.6) is 23.0 Å². The smallest absolute Gasteiger partial charge is 0.250 e. The minimum Gasteiger partial charge on any atom is -0.543 e. The van der Waals surface area contributed by atoms with Crippen molar-refractivity contribution in [1.29, 1.82) is 0 Å². The average Bonchev–Trinajstić information content (AvgIpc) is 2.90. The van der Waals surface area contributed by atoms with Gasteiger partial charge in [-0.3, -0.25) is 0 Å². The number of benzene rings is 2. The normalized spacial score (nSPS) is 12.8. The Hall–Kier alpha value is -3.25. The molecule has 0 aliphatic rings. The molecule has 0 N–H and O–H groups in total. The molecule has 0 aliphatic carbocycles. The minimum absolute atomic E-state index is 0.0598. The molecule has 0 saturated carbocycles. The van der Waals surface area contributed by atoms with E-state index in [-0.39, 0.29) is 20.2 Å². The molecule has 0 spiro atoms. The third-order valence-corrected chi connectivity index (χ3v) is 28.6. The number of hydrogen-bond donors (Lipinski definition) is 0. The van der Waals surface area contributed by atoms with Crippen LogP contribution in [-0.2, 0) is 0 Å². The first-order chi connectivity index (χ1) is 23.3. The molecule has 2 rings (SSSR count). The van der Waals surface area contributed by atoms with E-state index in [0.717, 1.165) is 34.1 Å². The zero-order valence-corrected chi connectivity index (χ0v) is 40.1. The van der Waals surface area contributed by atoms with Crippen molar-refractivity contribution in [2.45, 2.75) is 156 Å². The molecule has 0 unspecified atom stereocenters. The Kier molecular flexibility index (Phi) is 13.8. The summed E-state index contributed by atoms with van der Waals surface area (Å²) in [4.78, 5) is 0. The summed E-state index contributed by atoms with van der Waals surface area (Å²) < 4.78 is 26.7.